The van der Waals surface area contributed by atoms with Crippen molar-refractivity contribution in [3.05, 3.63) is 46.3 Å². The van der Waals surface area contributed by atoms with Crippen LogP contribution in [0.2, 0.25) is 0 Å². The second-order valence-electron chi connectivity index (χ2n) is 5.90. The number of benzene rings is 1. The van der Waals surface area contributed by atoms with E-state index in [1.807, 2.05) is 13.8 Å². The van der Waals surface area contributed by atoms with Gasteiger partial charge in [-0.15, -0.1) is 0 Å². The molecule has 0 bridgehead atoms. The minimum absolute atomic E-state index is 0.0922. The van der Waals surface area contributed by atoms with E-state index in [-0.39, 0.29) is 13.0 Å². The third-order valence-electron chi connectivity index (χ3n) is 3.67. The number of hydrogen-bond donors (Lipinski definition) is 2. The second-order valence-corrected chi connectivity index (χ2v) is 6.76. The smallest absolute Gasteiger partial charge is 0.321 e. The van der Waals surface area contributed by atoms with Gasteiger partial charge in [-0.1, -0.05) is 15.9 Å². The van der Waals surface area contributed by atoms with Gasteiger partial charge in [-0.3, -0.25) is 14.9 Å². The van der Waals surface area contributed by atoms with Gasteiger partial charge in [0.05, 0.1) is 32.4 Å². The van der Waals surface area contributed by atoms with E-state index in [0.717, 1.165) is 0 Å². The average Bonchev–Trinajstić information content (AvgIpc) is 3.22. The van der Waals surface area contributed by atoms with Crippen molar-refractivity contribution < 1.29 is 33.0 Å². The third kappa shape index (κ3) is 7.43. The lowest BCUT2D eigenvalue weighted by molar-refractivity contribution is -0.147. The first-order valence-corrected chi connectivity index (χ1v) is 10.1. The summed E-state index contributed by atoms with van der Waals surface area (Å²) in [4.78, 5) is 35.5. The highest BCUT2D eigenvalue weighted by Gasteiger charge is 2.16. The van der Waals surface area contributed by atoms with Crippen molar-refractivity contribution in [3.63, 3.8) is 0 Å². The summed E-state index contributed by atoms with van der Waals surface area (Å²) in [6.07, 6.45) is 1.38. The number of furan rings is 1. The summed E-state index contributed by atoms with van der Waals surface area (Å²) in [7, 11) is 0. The van der Waals surface area contributed by atoms with Crippen LogP contribution in [0.1, 0.15) is 25.2 Å². The van der Waals surface area contributed by atoms with E-state index in [4.69, 9.17) is 18.6 Å². The summed E-state index contributed by atoms with van der Waals surface area (Å²) in [5, 5.41) is 4.51. The molecule has 0 spiro atoms. The molecule has 0 unspecified atom stereocenters. The summed E-state index contributed by atoms with van der Waals surface area (Å²) in [6.45, 7) is 4.15. The van der Waals surface area contributed by atoms with Gasteiger partial charge >= 0.3 is 12.0 Å². The summed E-state index contributed by atoms with van der Waals surface area (Å²) < 4.78 is 21.7. The molecule has 0 atom stereocenters. The third-order valence-corrected chi connectivity index (χ3v) is 4.41. The van der Waals surface area contributed by atoms with E-state index in [2.05, 4.69) is 26.6 Å². The van der Waals surface area contributed by atoms with Gasteiger partial charge in [-0.05, 0) is 43.7 Å². The summed E-state index contributed by atoms with van der Waals surface area (Å²) in [5.41, 5.74) is 0.614. The summed E-state index contributed by atoms with van der Waals surface area (Å²) in [6, 6.07) is 6.04. The molecule has 0 saturated carbocycles. The molecule has 10 heteroatoms. The maximum atomic E-state index is 12.1. The minimum Gasteiger partial charge on any atom is -0.490 e. The zero-order valence-electron chi connectivity index (χ0n) is 16.7. The van der Waals surface area contributed by atoms with Crippen LogP contribution in [-0.4, -0.2) is 37.7 Å². The molecule has 1 heterocycles. The van der Waals surface area contributed by atoms with Gasteiger partial charge in [0, 0.05) is 4.47 Å². The van der Waals surface area contributed by atoms with Gasteiger partial charge in [0.25, 0.3) is 5.91 Å². The van der Waals surface area contributed by atoms with Crippen molar-refractivity contribution in [1.29, 1.82) is 0 Å². The zero-order valence-corrected chi connectivity index (χ0v) is 18.2. The summed E-state index contributed by atoms with van der Waals surface area (Å²) in [5.74, 6) is 0.227. The van der Waals surface area contributed by atoms with E-state index in [1.165, 1.54) is 6.26 Å². The van der Waals surface area contributed by atoms with Crippen molar-refractivity contribution in [3.8, 4) is 11.5 Å². The number of ether oxygens (including phenoxy) is 3. The molecular weight excluding hydrogens is 460 g/mol. The lowest BCUT2D eigenvalue weighted by Gasteiger charge is -2.14. The fourth-order valence-corrected chi connectivity index (χ4v) is 2.85. The highest BCUT2D eigenvalue weighted by molar-refractivity contribution is 9.10. The molecule has 3 amide bonds. The predicted molar refractivity (Wildman–Crippen MR) is 110 cm³/mol. The van der Waals surface area contributed by atoms with Gasteiger partial charge in [0.15, 0.2) is 18.1 Å². The summed E-state index contributed by atoms with van der Waals surface area (Å²) >= 11 is 3.39. The van der Waals surface area contributed by atoms with Crippen LogP contribution in [0.3, 0.4) is 0 Å². The molecule has 30 heavy (non-hydrogen) atoms. The first-order chi connectivity index (χ1) is 14.4. The highest BCUT2D eigenvalue weighted by atomic mass is 79.9. The number of carbonyl (C=O) groups is 3. The predicted octanol–water partition coefficient (Wildman–Crippen LogP) is 2.95. The molecule has 0 fully saturated rings. The maximum absolute atomic E-state index is 12.1. The van der Waals surface area contributed by atoms with E-state index in [0.29, 0.717) is 40.5 Å². The Labute approximate surface area is 182 Å². The number of amides is 3. The van der Waals surface area contributed by atoms with Crippen molar-refractivity contribution >= 4 is 33.8 Å². The first-order valence-electron chi connectivity index (χ1n) is 9.26. The quantitative estimate of drug-likeness (QED) is 0.500. The second kappa shape index (κ2) is 11.9. The van der Waals surface area contributed by atoms with Crippen LogP contribution in [0.25, 0.3) is 0 Å². The topological polar surface area (TPSA) is 116 Å². The van der Waals surface area contributed by atoms with E-state index in [9.17, 15) is 14.4 Å². The Morgan fingerprint density at radius 3 is 2.43 bits per heavy atom. The molecule has 162 valence electrons. The number of rotatable bonds is 10. The number of nitrogens with one attached hydrogen (secondary N) is 2. The van der Waals surface area contributed by atoms with Crippen molar-refractivity contribution in [2.75, 3.05) is 19.8 Å². The zero-order chi connectivity index (χ0) is 21.9. The Morgan fingerprint density at radius 1 is 1.10 bits per heavy atom. The van der Waals surface area contributed by atoms with Crippen LogP contribution in [0, 0.1) is 0 Å². The van der Waals surface area contributed by atoms with Crippen LogP contribution in [-0.2, 0) is 27.3 Å². The van der Waals surface area contributed by atoms with Gasteiger partial charge in [0.1, 0.15) is 5.76 Å². The fraction of sp³-hybridized carbons (Fsp3) is 0.350. The number of halogens is 1. The number of hydrogen-bond acceptors (Lipinski definition) is 7. The Hall–Kier alpha value is -3.01. The lowest BCUT2D eigenvalue weighted by atomic mass is 10.1. The molecule has 1 aromatic carbocycles. The van der Waals surface area contributed by atoms with Gasteiger partial charge in [-0.2, -0.15) is 0 Å². The van der Waals surface area contributed by atoms with E-state index >= 15 is 0 Å². The molecule has 2 N–H and O–H groups in total. The number of esters is 1. The van der Waals surface area contributed by atoms with Crippen molar-refractivity contribution in [2.24, 2.45) is 0 Å². The monoisotopic (exact) mass is 482 g/mol. The van der Waals surface area contributed by atoms with Crippen molar-refractivity contribution in [2.45, 2.75) is 26.8 Å². The molecule has 0 saturated heterocycles. The molecule has 1 aromatic heterocycles. The van der Waals surface area contributed by atoms with Crippen LogP contribution in [0.15, 0.2) is 39.4 Å². The number of urea groups is 1. The fourth-order valence-electron chi connectivity index (χ4n) is 2.39. The Bertz CT molecular complexity index is 868. The van der Waals surface area contributed by atoms with Crippen LogP contribution >= 0.6 is 15.9 Å². The lowest BCUT2D eigenvalue weighted by Crippen LogP contribution is -2.41. The Kier molecular flexibility index (Phi) is 9.20. The Morgan fingerprint density at radius 2 is 1.80 bits per heavy atom. The van der Waals surface area contributed by atoms with Crippen LogP contribution in [0.4, 0.5) is 4.79 Å². The Balaban J connectivity index is 1.82. The molecule has 0 aliphatic rings. The average molecular weight is 483 g/mol. The normalized spacial score (nSPS) is 10.2. The number of carbonyl (C=O) groups excluding carboxylic acids is 3. The van der Waals surface area contributed by atoms with Crippen molar-refractivity contribution in [1.82, 2.24) is 10.6 Å². The first kappa shape index (κ1) is 23.3. The molecule has 0 radical (unpaired) electrons. The minimum atomic E-state index is -0.749. The number of imide groups is 1. The van der Waals surface area contributed by atoms with Crippen LogP contribution < -0.4 is 20.1 Å². The largest absolute Gasteiger partial charge is 0.490 e. The standard InChI is InChI=1S/C20H23BrN2O7/c1-3-27-16-8-13(15(21)10-17(16)28-4-2)9-19(25)30-12-18(24)23-20(26)22-11-14-6-5-7-29-14/h5-8,10H,3-4,9,11-12H2,1-2H3,(H2,22,23,24,26). The van der Waals surface area contributed by atoms with Gasteiger partial charge in [-0.25, -0.2) is 4.79 Å². The highest BCUT2D eigenvalue weighted by Crippen LogP contribution is 2.34. The van der Waals surface area contributed by atoms with E-state index < -0.39 is 24.5 Å². The van der Waals surface area contributed by atoms with Crippen LogP contribution in [0.5, 0.6) is 11.5 Å². The molecule has 2 rings (SSSR count). The van der Waals surface area contributed by atoms with Gasteiger partial charge in [0.2, 0.25) is 0 Å². The molecular formula is C20H23BrN2O7. The molecule has 2 aromatic rings. The van der Waals surface area contributed by atoms with Gasteiger partial charge < -0.3 is 23.9 Å². The SMILES string of the molecule is CCOc1cc(Br)c(CC(=O)OCC(=O)NC(=O)NCc2ccco2)cc1OCC. The molecule has 9 nitrogen and oxygen atoms in total. The molecule has 0 aliphatic heterocycles. The maximum Gasteiger partial charge on any atom is 0.321 e. The van der Waals surface area contributed by atoms with E-state index in [1.54, 1.807) is 24.3 Å². The molecule has 0 aliphatic carbocycles.